The number of hydrogen-bond acceptors (Lipinski definition) is 3. The third-order valence-corrected chi connectivity index (χ3v) is 3.56. The maximum atomic E-state index is 5.78. The molecule has 0 fully saturated rings. The van der Waals surface area contributed by atoms with Crippen molar-refractivity contribution in [3.8, 4) is 5.75 Å². The van der Waals surface area contributed by atoms with E-state index >= 15 is 0 Å². The van der Waals surface area contributed by atoms with Gasteiger partial charge in [0.15, 0.2) is 0 Å². The Morgan fingerprint density at radius 1 is 1.25 bits per heavy atom. The van der Waals surface area contributed by atoms with Crippen LogP contribution in [0.3, 0.4) is 0 Å². The van der Waals surface area contributed by atoms with Gasteiger partial charge in [-0.1, -0.05) is 26.0 Å². The molecule has 4 heteroatoms. The summed E-state index contributed by atoms with van der Waals surface area (Å²) in [5, 5.41) is 3.41. The van der Waals surface area contributed by atoms with Gasteiger partial charge in [-0.25, -0.2) is 0 Å². The molecule has 0 aliphatic carbocycles. The molecule has 2 aromatic rings. The van der Waals surface area contributed by atoms with Crippen molar-refractivity contribution in [3.63, 3.8) is 0 Å². The van der Waals surface area contributed by atoms with Crippen molar-refractivity contribution < 1.29 is 9.15 Å². The van der Waals surface area contributed by atoms with E-state index in [0.717, 1.165) is 34.6 Å². The van der Waals surface area contributed by atoms with Gasteiger partial charge in [-0.2, -0.15) is 0 Å². The normalized spacial score (nSPS) is 11.0. The van der Waals surface area contributed by atoms with Crippen LogP contribution in [0.4, 0.5) is 0 Å². The fourth-order valence-corrected chi connectivity index (χ4v) is 2.25. The molecule has 0 bridgehead atoms. The summed E-state index contributed by atoms with van der Waals surface area (Å²) in [4.78, 5) is 0. The van der Waals surface area contributed by atoms with Crippen LogP contribution in [-0.2, 0) is 13.2 Å². The van der Waals surface area contributed by atoms with E-state index in [-0.39, 0.29) is 0 Å². The summed E-state index contributed by atoms with van der Waals surface area (Å²) in [6.07, 6.45) is 1.71. The Morgan fingerprint density at radius 2 is 2.05 bits per heavy atom. The zero-order valence-electron chi connectivity index (χ0n) is 11.9. The minimum atomic E-state index is 0.439. The van der Waals surface area contributed by atoms with Gasteiger partial charge < -0.3 is 14.5 Å². The standard InChI is InChI=1S/C16H20BrNO2/c1-12(2)9-18-10-13-7-8-19-16(13)11-20-15-6-4-3-5-14(15)17/h3-8,12,18H,9-11H2,1-2H3. The Morgan fingerprint density at radius 3 is 2.80 bits per heavy atom. The van der Waals surface area contributed by atoms with Gasteiger partial charge in [-0.05, 0) is 46.6 Å². The van der Waals surface area contributed by atoms with Crippen molar-refractivity contribution in [1.29, 1.82) is 0 Å². The molecule has 1 heterocycles. The Balaban J connectivity index is 1.90. The first-order valence-corrected chi connectivity index (χ1v) is 7.59. The Hall–Kier alpha value is -1.26. The highest BCUT2D eigenvalue weighted by Gasteiger charge is 2.08. The average molecular weight is 338 g/mol. The van der Waals surface area contributed by atoms with Crippen LogP contribution in [0.2, 0.25) is 0 Å². The summed E-state index contributed by atoms with van der Waals surface area (Å²) < 4.78 is 12.2. The first-order chi connectivity index (χ1) is 9.66. The predicted octanol–water partition coefficient (Wildman–Crippen LogP) is 4.37. The predicted molar refractivity (Wildman–Crippen MR) is 83.7 cm³/mol. The number of nitrogens with one attached hydrogen (secondary N) is 1. The van der Waals surface area contributed by atoms with Crippen LogP contribution in [0.1, 0.15) is 25.2 Å². The van der Waals surface area contributed by atoms with Crippen LogP contribution in [0.15, 0.2) is 45.5 Å². The lowest BCUT2D eigenvalue weighted by Crippen LogP contribution is -2.19. The molecule has 0 saturated heterocycles. The third kappa shape index (κ3) is 4.39. The highest BCUT2D eigenvalue weighted by molar-refractivity contribution is 9.10. The van der Waals surface area contributed by atoms with Crippen LogP contribution in [0, 0.1) is 5.92 Å². The second-order valence-electron chi connectivity index (χ2n) is 5.11. The maximum absolute atomic E-state index is 5.78. The Bertz CT molecular complexity index is 537. The molecule has 0 amide bonds. The fraction of sp³-hybridized carbons (Fsp3) is 0.375. The molecule has 0 saturated carbocycles. The van der Waals surface area contributed by atoms with Gasteiger partial charge in [0.1, 0.15) is 18.1 Å². The van der Waals surface area contributed by atoms with Gasteiger partial charge in [0, 0.05) is 12.1 Å². The monoisotopic (exact) mass is 337 g/mol. The number of para-hydroxylation sites is 1. The molecule has 0 unspecified atom stereocenters. The van der Waals surface area contributed by atoms with Crippen molar-refractivity contribution in [1.82, 2.24) is 5.32 Å². The zero-order valence-corrected chi connectivity index (χ0v) is 13.4. The third-order valence-electron chi connectivity index (χ3n) is 2.90. The molecule has 0 spiro atoms. The van der Waals surface area contributed by atoms with Crippen molar-refractivity contribution >= 4 is 15.9 Å². The molecular formula is C16H20BrNO2. The molecule has 0 aliphatic rings. The smallest absolute Gasteiger partial charge is 0.146 e. The fourth-order valence-electron chi connectivity index (χ4n) is 1.85. The van der Waals surface area contributed by atoms with Crippen LogP contribution < -0.4 is 10.1 Å². The van der Waals surface area contributed by atoms with Gasteiger partial charge in [0.05, 0.1) is 10.7 Å². The highest BCUT2D eigenvalue weighted by Crippen LogP contribution is 2.25. The van der Waals surface area contributed by atoms with E-state index in [0.29, 0.717) is 12.5 Å². The van der Waals surface area contributed by atoms with Crippen molar-refractivity contribution in [2.75, 3.05) is 6.54 Å². The molecule has 0 aliphatic heterocycles. The van der Waals surface area contributed by atoms with Gasteiger partial charge in [-0.15, -0.1) is 0 Å². The topological polar surface area (TPSA) is 34.4 Å². The minimum absolute atomic E-state index is 0.439. The van der Waals surface area contributed by atoms with Crippen LogP contribution >= 0.6 is 15.9 Å². The lowest BCUT2D eigenvalue weighted by molar-refractivity contribution is 0.266. The lowest BCUT2D eigenvalue weighted by Gasteiger charge is -2.09. The number of rotatable bonds is 7. The number of hydrogen-bond donors (Lipinski definition) is 1. The molecule has 108 valence electrons. The molecule has 0 radical (unpaired) electrons. The summed E-state index contributed by atoms with van der Waals surface area (Å²) in [6.45, 7) is 6.63. The SMILES string of the molecule is CC(C)CNCc1ccoc1COc1ccccc1Br. The quantitative estimate of drug-likeness (QED) is 0.814. The Labute approximate surface area is 128 Å². The second kappa shape index (κ2) is 7.50. The van der Waals surface area contributed by atoms with Crippen LogP contribution in [0.5, 0.6) is 5.75 Å². The molecule has 20 heavy (non-hydrogen) atoms. The van der Waals surface area contributed by atoms with E-state index in [1.165, 1.54) is 0 Å². The molecule has 1 N–H and O–H groups in total. The molecule has 1 aromatic carbocycles. The van der Waals surface area contributed by atoms with Gasteiger partial charge in [0.25, 0.3) is 0 Å². The van der Waals surface area contributed by atoms with E-state index in [4.69, 9.17) is 9.15 Å². The molecule has 2 rings (SSSR count). The first kappa shape index (κ1) is 15.1. The average Bonchev–Trinajstić information content (AvgIpc) is 2.85. The van der Waals surface area contributed by atoms with E-state index in [2.05, 4.69) is 35.1 Å². The maximum Gasteiger partial charge on any atom is 0.146 e. The van der Waals surface area contributed by atoms with E-state index < -0.39 is 0 Å². The summed E-state index contributed by atoms with van der Waals surface area (Å²) in [6, 6.07) is 9.80. The van der Waals surface area contributed by atoms with E-state index in [9.17, 15) is 0 Å². The van der Waals surface area contributed by atoms with Crippen LogP contribution in [0.25, 0.3) is 0 Å². The van der Waals surface area contributed by atoms with Crippen molar-refractivity contribution in [3.05, 3.63) is 52.4 Å². The molecule has 0 atom stereocenters. The summed E-state index contributed by atoms with van der Waals surface area (Å²) in [5.74, 6) is 2.34. The number of benzene rings is 1. The van der Waals surface area contributed by atoms with Gasteiger partial charge in [-0.3, -0.25) is 0 Å². The summed E-state index contributed by atoms with van der Waals surface area (Å²) in [7, 11) is 0. The number of ether oxygens (including phenoxy) is 1. The van der Waals surface area contributed by atoms with E-state index in [1.54, 1.807) is 6.26 Å². The van der Waals surface area contributed by atoms with Gasteiger partial charge >= 0.3 is 0 Å². The molecule has 1 aromatic heterocycles. The zero-order chi connectivity index (χ0) is 14.4. The minimum Gasteiger partial charge on any atom is -0.484 e. The Kier molecular flexibility index (Phi) is 5.68. The molecule has 3 nitrogen and oxygen atoms in total. The van der Waals surface area contributed by atoms with Crippen molar-refractivity contribution in [2.45, 2.75) is 27.0 Å². The van der Waals surface area contributed by atoms with Gasteiger partial charge in [0.2, 0.25) is 0 Å². The van der Waals surface area contributed by atoms with Crippen LogP contribution in [-0.4, -0.2) is 6.54 Å². The largest absolute Gasteiger partial charge is 0.484 e. The number of furan rings is 1. The lowest BCUT2D eigenvalue weighted by atomic mass is 10.2. The second-order valence-corrected chi connectivity index (χ2v) is 5.97. The number of halogens is 1. The molecular weight excluding hydrogens is 318 g/mol. The summed E-state index contributed by atoms with van der Waals surface area (Å²) >= 11 is 3.47. The first-order valence-electron chi connectivity index (χ1n) is 6.80. The highest BCUT2D eigenvalue weighted by atomic mass is 79.9. The van der Waals surface area contributed by atoms with Crippen molar-refractivity contribution in [2.24, 2.45) is 5.92 Å². The van der Waals surface area contributed by atoms with E-state index in [1.807, 2.05) is 30.3 Å². The summed E-state index contributed by atoms with van der Waals surface area (Å²) in [5.41, 5.74) is 1.15.